The number of ether oxygens (including phenoxy) is 2. The summed E-state index contributed by atoms with van der Waals surface area (Å²) in [6.45, 7) is 8.19. The van der Waals surface area contributed by atoms with Crippen molar-refractivity contribution in [3.05, 3.63) is 53.7 Å². The van der Waals surface area contributed by atoms with Crippen LogP contribution in [-0.4, -0.2) is 53.6 Å². The number of hydrogen-bond donors (Lipinski definition) is 1. The lowest BCUT2D eigenvalue weighted by molar-refractivity contribution is -0.126. The summed E-state index contributed by atoms with van der Waals surface area (Å²) in [5.74, 6) is 1.75. The smallest absolute Gasteiger partial charge is 0.246 e. The van der Waals surface area contributed by atoms with Crippen molar-refractivity contribution in [1.29, 1.82) is 0 Å². The first-order valence-corrected chi connectivity index (χ1v) is 11.1. The molecule has 1 aliphatic heterocycles. The number of halogens is 1. The minimum atomic E-state index is -0.0538. The average molecular weight is 467 g/mol. The van der Waals surface area contributed by atoms with Gasteiger partial charge in [-0.3, -0.25) is 4.79 Å². The molecule has 2 heterocycles. The normalized spacial score (nSPS) is 17.8. The largest absolute Gasteiger partial charge is 0.496 e. The van der Waals surface area contributed by atoms with Crippen LogP contribution in [0.4, 0.5) is 5.95 Å². The summed E-state index contributed by atoms with van der Waals surface area (Å²) >= 11 is 6.65. The first-order chi connectivity index (χ1) is 15.9. The first-order valence-electron chi connectivity index (χ1n) is 10.7. The number of nitrogens with zero attached hydrogens (tertiary/aromatic N) is 3. The molecule has 0 saturated carbocycles. The Labute approximate surface area is 198 Å². The van der Waals surface area contributed by atoms with Gasteiger partial charge in [-0.05, 0) is 44.0 Å². The molecule has 4 rings (SSSR count). The topological polar surface area (TPSA) is 76.6 Å². The molecule has 1 unspecified atom stereocenters. The van der Waals surface area contributed by atoms with E-state index in [9.17, 15) is 4.79 Å². The predicted molar refractivity (Wildman–Crippen MR) is 131 cm³/mol. The molecule has 1 aliphatic rings. The number of nitrogens with one attached hydrogen (secondary N) is 1. The van der Waals surface area contributed by atoms with Crippen LogP contribution in [-0.2, 0) is 4.79 Å². The summed E-state index contributed by atoms with van der Waals surface area (Å²) in [4.78, 5) is 23.0. The number of hydrogen-bond acceptors (Lipinski definition) is 6. The van der Waals surface area contributed by atoms with Crippen molar-refractivity contribution >= 4 is 34.4 Å². The quantitative estimate of drug-likeness (QED) is 0.522. The Morgan fingerprint density at radius 1 is 1.27 bits per heavy atom. The van der Waals surface area contributed by atoms with E-state index in [4.69, 9.17) is 21.1 Å². The van der Waals surface area contributed by atoms with Crippen molar-refractivity contribution in [3.63, 3.8) is 0 Å². The Morgan fingerprint density at radius 2 is 2.03 bits per heavy atom. The van der Waals surface area contributed by atoms with Gasteiger partial charge >= 0.3 is 0 Å². The Hall–Kier alpha value is -3.32. The first kappa shape index (κ1) is 22.9. The zero-order valence-electron chi connectivity index (χ0n) is 19.2. The fourth-order valence-electron chi connectivity index (χ4n) is 4.41. The molecule has 2 aromatic carbocycles. The van der Waals surface area contributed by atoms with Gasteiger partial charge in [-0.1, -0.05) is 24.2 Å². The summed E-state index contributed by atoms with van der Waals surface area (Å²) in [7, 11) is 3.21. The highest BCUT2D eigenvalue weighted by Gasteiger charge is 2.31. The molecule has 1 amide bonds. The molecular weight excluding hydrogens is 440 g/mol. The molecule has 8 heteroatoms. The maximum absolute atomic E-state index is 12.0. The summed E-state index contributed by atoms with van der Waals surface area (Å²) in [5, 5.41) is 4.78. The molecule has 0 spiro atoms. The summed E-state index contributed by atoms with van der Waals surface area (Å²) < 4.78 is 10.9. The minimum absolute atomic E-state index is 0.0538. The van der Waals surface area contributed by atoms with Gasteiger partial charge in [0.25, 0.3) is 0 Å². The van der Waals surface area contributed by atoms with Gasteiger partial charge in [-0.2, -0.15) is 0 Å². The molecule has 3 aromatic rings. The van der Waals surface area contributed by atoms with Crippen LogP contribution < -0.4 is 14.8 Å². The monoisotopic (exact) mass is 466 g/mol. The lowest BCUT2D eigenvalue weighted by atomic mass is 9.98. The van der Waals surface area contributed by atoms with Crippen molar-refractivity contribution in [3.8, 4) is 22.6 Å². The number of likely N-dealkylation sites (tertiary alicyclic amines) is 1. The molecule has 1 N–H and O–H groups in total. The third kappa shape index (κ3) is 4.33. The van der Waals surface area contributed by atoms with Crippen molar-refractivity contribution < 1.29 is 14.3 Å². The number of benzene rings is 2. The van der Waals surface area contributed by atoms with Gasteiger partial charge in [0.05, 0.1) is 24.8 Å². The number of anilines is 1. The second-order valence-corrected chi connectivity index (χ2v) is 8.56. The Morgan fingerprint density at radius 3 is 2.73 bits per heavy atom. The van der Waals surface area contributed by atoms with E-state index in [1.54, 1.807) is 26.5 Å². The van der Waals surface area contributed by atoms with Gasteiger partial charge in [-0.15, -0.1) is 0 Å². The maximum atomic E-state index is 12.0. The number of carbonyl (C=O) groups is 1. The number of carbonyl (C=O) groups excluding carboxylic acids is 1. The third-order valence-electron chi connectivity index (χ3n) is 6.12. The highest BCUT2D eigenvalue weighted by molar-refractivity contribution is 6.35. The van der Waals surface area contributed by atoms with Crippen LogP contribution in [0.25, 0.3) is 22.0 Å². The molecule has 1 fully saturated rings. The van der Waals surface area contributed by atoms with E-state index in [-0.39, 0.29) is 18.0 Å². The van der Waals surface area contributed by atoms with Crippen LogP contribution in [0.1, 0.15) is 18.9 Å². The zero-order valence-corrected chi connectivity index (χ0v) is 19.9. The van der Waals surface area contributed by atoms with Crippen molar-refractivity contribution in [2.24, 2.45) is 0 Å². The summed E-state index contributed by atoms with van der Waals surface area (Å²) in [5.41, 5.74) is 3.51. The van der Waals surface area contributed by atoms with E-state index in [2.05, 4.69) is 21.9 Å². The van der Waals surface area contributed by atoms with Crippen LogP contribution in [0.3, 0.4) is 0 Å². The van der Waals surface area contributed by atoms with E-state index in [0.717, 1.165) is 34.0 Å². The average Bonchev–Trinajstić information content (AvgIpc) is 3.18. The van der Waals surface area contributed by atoms with Gasteiger partial charge in [0, 0.05) is 47.4 Å². The maximum Gasteiger partial charge on any atom is 0.246 e. The van der Waals surface area contributed by atoms with E-state index in [1.807, 2.05) is 36.9 Å². The molecule has 1 aromatic heterocycles. The highest BCUT2D eigenvalue weighted by atomic mass is 35.5. The van der Waals surface area contributed by atoms with Crippen LogP contribution in [0.15, 0.2) is 43.1 Å². The number of rotatable bonds is 6. The standard InChI is InChI=1S/C25H27ClN4O3/c1-6-22(31)30-13-18(9-14(30)2)28-25-27-12-17-10-16(7-8-19(17)29-25)23-15(3)20(32-4)11-21(33-5)24(23)26/h6-8,10-12,14,18H,1,9,13H2,2-5H3,(H,27,28,29)/t14?,18-/m0/s1. The molecule has 0 bridgehead atoms. The van der Waals surface area contributed by atoms with E-state index >= 15 is 0 Å². The molecule has 172 valence electrons. The minimum Gasteiger partial charge on any atom is -0.496 e. The molecule has 7 nitrogen and oxygen atoms in total. The molecular formula is C25H27ClN4O3. The third-order valence-corrected chi connectivity index (χ3v) is 6.49. The lowest BCUT2D eigenvalue weighted by Crippen LogP contribution is -2.33. The van der Waals surface area contributed by atoms with Gasteiger partial charge in [0.1, 0.15) is 11.5 Å². The molecule has 0 aliphatic carbocycles. The van der Waals surface area contributed by atoms with Gasteiger partial charge < -0.3 is 19.7 Å². The van der Waals surface area contributed by atoms with Crippen molar-refractivity contribution in [1.82, 2.24) is 14.9 Å². The Bertz CT molecular complexity index is 1200. The van der Waals surface area contributed by atoms with Crippen LogP contribution in [0.2, 0.25) is 5.02 Å². The van der Waals surface area contributed by atoms with E-state index < -0.39 is 0 Å². The van der Waals surface area contributed by atoms with E-state index in [0.29, 0.717) is 29.0 Å². The van der Waals surface area contributed by atoms with Crippen molar-refractivity contribution in [2.45, 2.75) is 32.4 Å². The molecule has 2 atom stereocenters. The van der Waals surface area contributed by atoms with Gasteiger partial charge in [0.2, 0.25) is 11.9 Å². The number of aromatic nitrogens is 2. The zero-order chi connectivity index (χ0) is 23.7. The second kappa shape index (κ2) is 9.27. The molecule has 33 heavy (non-hydrogen) atoms. The SMILES string of the molecule is C=CC(=O)N1C[C@@H](Nc2ncc3cc(-c4c(C)c(OC)cc(OC)c4Cl)ccc3n2)CC1C. The number of amides is 1. The Balaban J connectivity index is 1.62. The number of methoxy groups -OCH3 is 2. The summed E-state index contributed by atoms with van der Waals surface area (Å²) in [6.07, 6.45) is 3.98. The highest BCUT2D eigenvalue weighted by Crippen LogP contribution is 2.43. The van der Waals surface area contributed by atoms with Crippen molar-refractivity contribution in [2.75, 3.05) is 26.1 Å². The van der Waals surface area contributed by atoms with Gasteiger partial charge in [-0.25, -0.2) is 9.97 Å². The Kier molecular flexibility index (Phi) is 6.42. The second-order valence-electron chi connectivity index (χ2n) is 8.18. The predicted octanol–water partition coefficient (Wildman–Crippen LogP) is 4.86. The van der Waals surface area contributed by atoms with E-state index in [1.165, 1.54) is 6.08 Å². The molecule has 1 saturated heterocycles. The lowest BCUT2D eigenvalue weighted by Gasteiger charge is -2.19. The fraction of sp³-hybridized carbons (Fsp3) is 0.320. The van der Waals surface area contributed by atoms with Gasteiger partial charge in [0.15, 0.2) is 0 Å². The van der Waals surface area contributed by atoms with Crippen LogP contribution in [0, 0.1) is 6.92 Å². The molecule has 0 radical (unpaired) electrons. The van der Waals surface area contributed by atoms with Crippen LogP contribution >= 0.6 is 11.6 Å². The summed E-state index contributed by atoms with van der Waals surface area (Å²) in [6, 6.07) is 7.96. The fourth-order valence-corrected chi connectivity index (χ4v) is 4.79. The van der Waals surface area contributed by atoms with Crippen LogP contribution in [0.5, 0.6) is 11.5 Å². The number of fused-ring (bicyclic) bond motifs is 1.